The van der Waals surface area contributed by atoms with Crippen LogP contribution >= 0.6 is 0 Å². The maximum Gasteiger partial charge on any atom is 0.243 e. The van der Waals surface area contributed by atoms with Crippen molar-refractivity contribution >= 4 is 28.9 Å². The number of ether oxygens (including phenoxy) is 1. The van der Waals surface area contributed by atoms with E-state index in [0.717, 1.165) is 47.6 Å². The molecular weight excluding hydrogens is 366 g/mol. The molecular formula is C23H29N3O3. The molecule has 6 nitrogen and oxygen atoms in total. The summed E-state index contributed by atoms with van der Waals surface area (Å²) in [4.78, 5) is 24.3. The Kier molecular flexibility index (Phi) is 6.75. The summed E-state index contributed by atoms with van der Waals surface area (Å²) >= 11 is 0. The van der Waals surface area contributed by atoms with E-state index in [9.17, 15) is 9.59 Å². The van der Waals surface area contributed by atoms with Crippen LogP contribution in [0.15, 0.2) is 42.5 Å². The highest BCUT2D eigenvalue weighted by Crippen LogP contribution is 2.31. The fourth-order valence-corrected chi connectivity index (χ4v) is 2.86. The first-order valence-electron chi connectivity index (χ1n) is 10.2. The molecule has 0 bridgehead atoms. The standard InChI is InChI=1S/C23H29N3O3/c1-4-15(2)29-19-12-10-18(11-13-19)25-22(27)14-24-20-6-5-7-21(16(20)3)26-23(28)17-8-9-17/h5-7,10-13,15,17,24H,4,8-9,14H2,1-3H3,(H,25,27)(H,26,28). The lowest BCUT2D eigenvalue weighted by atomic mass is 10.1. The van der Waals surface area contributed by atoms with Crippen molar-refractivity contribution in [3.8, 4) is 5.75 Å². The summed E-state index contributed by atoms with van der Waals surface area (Å²) in [5.41, 5.74) is 3.24. The summed E-state index contributed by atoms with van der Waals surface area (Å²) < 4.78 is 5.74. The Balaban J connectivity index is 1.52. The summed E-state index contributed by atoms with van der Waals surface area (Å²) in [6, 6.07) is 13.0. The van der Waals surface area contributed by atoms with Crippen molar-refractivity contribution in [3.63, 3.8) is 0 Å². The van der Waals surface area contributed by atoms with Gasteiger partial charge < -0.3 is 20.7 Å². The molecule has 0 aromatic heterocycles. The molecule has 1 atom stereocenters. The molecule has 1 unspecified atom stereocenters. The lowest BCUT2D eigenvalue weighted by molar-refractivity contribution is -0.117. The molecule has 3 rings (SSSR count). The number of hydrogen-bond acceptors (Lipinski definition) is 4. The third-order valence-electron chi connectivity index (χ3n) is 5.03. The molecule has 0 heterocycles. The summed E-state index contributed by atoms with van der Waals surface area (Å²) in [6.45, 7) is 6.16. The van der Waals surface area contributed by atoms with Gasteiger partial charge in [-0.2, -0.15) is 0 Å². The lowest BCUT2D eigenvalue weighted by Gasteiger charge is -2.15. The maximum atomic E-state index is 12.3. The quantitative estimate of drug-likeness (QED) is 0.581. The van der Waals surface area contributed by atoms with Gasteiger partial charge in [-0.15, -0.1) is 0 Å². The number of hydrogen-bond donors (Lipinski definition) is 3. The monoisotopic (exact) mass is 395 g/mol. The SMILES string of the molecule is CCC(C)Oc1ccc(NC(=O)CNc2cccc(NC(=O)C3CC3)c2C)cc1. The fourth-order valence-electron chi connectivity index (χ4n) is 2.86. The van der Waals surface area contributed by atoms with E-state index >= 15 is 0 Å². The summed E-state index contributed by atoms with van der Waals surface area (Å²) in [5.74, 6) is 0.867. The van der Waals surface area contributed by atoms with E-state index in [4.69, 9.17) is 4.74 Å². The van der Waals surface area contributed by atoms with Crippen LogP contribution in [0.4, 0.5) is 17.1 Å². The first-order chi connectivity index (χ1) is 14.0. The lowest BCUT2D eigenvalue weighted by Crippen LogP contribution is -2.22. The van der Waals surface area contributed by atoms with Gasteiger partial charge in [0.25, 0.3) is 0 Å². The summed E-state index contributed by atoms with van der Waals surface area (Å²) in [5, 5.41) is 8.99. The van der Waals surface area contributed by atoms with Crippen LogP contribution in [0.25, 0.3) is 0 Å². The minimum Gasteiger partial charge on any atom is -0.491 e. The van der Waals surface area contributed by atoms with Crippen LogP contribution in [0.3, 0.4) is 0 Å². The van der Waals surface area contributed by atoms with E-state index in [-0.39, 0.29) is 30.4 Å². The van der Waals surface area contributed by atoms with E-state index in [1.54, 1.807) is 0 Å². The molecule has 1 saturated carbocycles. The minimum absolute atomic E-state index is 0.0729. The molecule has 1 aliphatic rings. The molecule has 0 spiro atoms. The highest BCUT2D eigenvalue weighted by molar-refractivity contribution is 5.96. The van der Waals surface area contributed by atoms with E-state index < -0.39 is 0 Å². The van der Waals surface area contributed by atoms with Gasteiger partial charge in [-0.25, -0.2) is 0 Å². The third kappa shape index (κ3) is 5.98. The predicted molar refractivity (Wildman–Crippen MR) is 116 cm³/mol. The molecule has 29 heavy (non-hydrogen) atoms. The molecule has 1 fully saturated rings. The van der Waals surface area contributed by atoms with Gasteiger partial charge in [0.05, 0.1) is 12.6 Å². The number of carbonyl (C=O) groups is 2. The topological polar surface area (TPSA) is 79.5 Å². The Bertz CT molecular complexity index is 860. The summed E-state index contributed by atoms with van der Waals surface area (Å²) in [7, 11) is 0. The molecule has 2 aromatic carbocycles. The van der Waals surface area contributed by atoms with E-state index in [2.05, 4.69) is 22.9 Å². The number of nitrogens with one attached hydrogen (secondary N) is 3. The number of carbonyl (C=O) groups excluding carboxylic acids is 2. The van der Waals surface area contributed by atoms with Crippen LogP contribution < -0.4 is 20.7 Å². The van der Waals surface area contributed by atoms with E-state index in [1.807, 2.05) is 56.3 Å². The maximum absolute atomic E-state index is 12.3. The summed E-state index contributed by atoms with van der Waals surface area (Å²) in [6.07, 6.45) is 3.03. The zero-order valence-electron chi connectivity index (χ0n) is 17.2. The fraction of sp³-hybridized carbons (Fsp3) is 0.391. The second-order valence-corrected chi connectivity index (χ2v) is 7.50. The molecule has 0 radical (unpaired) electrons. The number of benzene rings is 2. The van der Waals surface area contributed by atoms with Crippen LogP contribution in [0.1, 0.15) is 38.7 Å². The van der Waals surface area contributed by atoms with Gasteiger partial charge in [0.2, 0.25) is 11.8 Å². The molecule has 2 amide bonds. The highest BCUT2D eigenvalue weighted by Gasteiger charge is 2.29. The average Bonchev–Trinajstić information content (AvgIpc) is 3.55. The van der Waals surface area contributed by atoms with Gasteiger partial charge in [-0.1, -0.05) is 13.0 Å². The average molecular weight is 396 g/mol. The first-order valence-corrected chi connectivity index (χ1v) is 10.2. The van der Waals surface area contributed by atoms with Crippen LogP contribution in [0.5, 0.6) is 5.75 Å². The van der Waals surface area contributed by atoms with Crippen molar-refractivity contribution < 1.29 is 14.3 Å². The van der Waals surface area contributed by atoms with Gasteiger partial charge in [0.1, 0.15) is 5.75 Å². The Morgan fingerprint density at radius 2 is 1.76 bits per heavy atom. The van der Waals surface area contributed by atoms with Crippen molar-refractivity contribution in [1.82, 2.24) is 0 Å². The molecule has 0 saturated heterocycles. The van der Waals surface area contributed by atoms with Gasteiger partial charge in [0, 0.05) is 23.0 Å². The largest absolute Gasteiger partial charge is 0.491 e. The van der Waals surface area contributed by atoms with Crippen LogP contribution in [0, 0.1) is 12.8 Å². The highest BCUT2D eigenvalue weighted by atomic mass is 16.5. The van der Waals surface area contributed by atoms with Crippen LogP contribution in [-0.2, 0) is 9.59 Å². The van der Waals surface area contributed by atoms with Gasteiger partial charge >= 0.3 is 0 Å². The van der Waals surface area contributed by atoms with Gasteiger partial charge in [0.15, 0.2) is 0 Å². The van der Waals surface area contributed by atoms with Gasteiger partial charge in [-0.05, 0) is 75.1 Å². The normalized spacial score (nSPS) is 14.0. The van der Waals surface area contributed by atoms with Crippen molar-refractivity contribution in [3.05, 3.63) is 48.0 Å². The Hall–Kier alpha value is -3.02. The second kappa shape index (κ2) is 9.45. The molecule has 6 heteroatoms. The molecule has 1 aliphatic carbocycles. The van der Waals surface area contributed by atoms with Crippen molar-refractivity contribution in [2.75, 3.05) is 22.5 Å². The Morgan fingerprint density at radius 3 is 2.41 bits per heavy atom. The van der Waals surface area contributed by atoms with Gasteiger partial charge in [-0.3, -0.25) is 9.59 Å². The third-order valence-corrected chi connectivity index (χ3v) is 5.03. The predicted octanol–water partition coefficient (Wildman–Crippen LogP) is 4.57. The Labute approximate surface area is 172 Å². The van der Waals surface area contributed by atoms with Crippen molar-refractivity contribution in [2.45, 2.75) is 46.1 Å². The number of rotatable bonds is 9. The number of amides is 2. The minimum atomic E-state index is -0.146. The van der Waals surface area contributed by atoms with E-state index in [0.29, 0.717) is 0 Å². The molecule has 2 aromatic rings. The van der Waals surface area contributed by atoms with Crippen LogP contribution in [0.2, 0.25) is 0 Å². The van der Waals surface area contributed by atoms with E-state index in [1.165, 1.54) is 0 Å². The molecule has 3 N–H and O–H groups in total. The van der Waals surface area contributed by atoms with Crippen LogP contribution in [-0.4, -0.2) is 24.5 Å². The Morgan fingerprint density at radius 1 is 1.07 bits per heavy atom. The zero-order chi connectivity index (χ0) is 20.8. The molecule has 0 aliphatic heterocycles. The van der Waals surface area contributed by atoms with Crippen molar-refractivity contribution in [2.24, 2.45) is 5.92 Å². The van der Waals surface area contributed by atoms with Crippen molar-refractivity contribution in [1.29, 1.82) is 0 Å². The molecule has 154 valence electrons. The first kappa shape index (κ1) is 20.7. The number of anilines is 3. The smallest absolute Gasteiger partial charge is 0.243 e. The zero-order valence-corrected chi connectivity index (χ0v) is 17.2. The second-order valence-electron chi connectivity index (χ2n) is 7.50.